The predicted molar refractivity (Wildman–Crippen MR) is 293 cm³/mol. The van der Waals surface area contributed by atoms with Gasteiger partial charge in [-0.15, -0.1) is 10.0 Å². The molecule has 0 bridgehead atoms. The monoisotopic (exact) mass is 939 g/mol. The number of rotatable bonds is 8. The molecule has 338 valence electrons. The molecule has 10 aromatic carbocycles. The SMILES string of the molecule is N#Cc1ccc2c3ccccc3n(-c3nc(-c4ccc(S(c5ccccc5)(c5ccccc5)c5ccccc5)cc4)nc(-n4c5ccccc5c5cc(-n6c7ccccc7c7ccccc76)ccc54)n3)c2c1. The standard InChI is InChI=1S/C64H41N7S/c65-42-43-32-38-54-52-26-12-16-30-58(52)71(61(54)40-43)64-67-62(44-33-36-49(37-34-44)72(46-18-4-1-5-19-46,47-20-6-2-7-21-47)48-22-8-3-9-23-48)66-63(68-64)70-59-31-17-13-27-53(59)55-41-45(35-39-60(55)70)69-56-28-14-10-24-50(56)51-25-11-15-29-57(51)69/h1-41H. The predicted octanol–water partition coefficient (Wildman–Crippen LogP) is 16.0. The van der Waals surface area contributed by atoms with Crippen LogP contribution < -0.4 is 0 Å². The molecule has 4 heterocycles. The minimum atomic E-state index is -1.94. The van der Waals surface area contributed by atoms with E-state index in [9.17, 15) is 5.26 Å². The van der Waals surface area contributed by atoms with Gasteiger partial charge in [0.15, 0.2) is 5.82 Å². The van der Waals surface area contributed by atoms with Crippen LogP contribution in [0, 0.1) is 11.3 Å². The summed E-state index contributed by atoms with van der Waals surface area (Å²) in [6.07, 6.45) is 0. The van der Waals surface area contributed by atoms with E-state index in [0.29, 0.717) is 23.3 Å². The van der Waals surface area contributed by atoms with Gasteiger partial charge in [-0.2, -0.15) is 20.2 Å². The molecule has 0 saturated carbocycles. The highest BCUT2D eigenvalue weighted by molar-refractivity contribution is 8.34. The molecule has 0 aliphatic carbocycles. The average molecular weight is 940 g/mol. The van der Waals surface area contributed by atoms with Gasteiger partial charge in [0, 0.05) is 63.2 Å². The smallest absolute Gasteiger partial charge is 0.240 e. The molecule has 0 radical (unpaired) electrons. The average Bonchev–Trinajstić information content (AvgIpc) is 4.09. The van der Waals surface area contributed by atoms with Gasteiger partial charge >= 0.3 is 0 Å². The first-order valence-electron chi connectivity index (χ1n) is 24.0. The van der Waals surface area contributed by atoms with Crippen LogP contribution in [0.3, 0.4) is 0 Å². The summed E-state index contributed by atoms with van der Waals surface area (Å²) in [6.45, 7) is 0. The van der Waals surface area contributed by atoms with E-state index >= 15 is 0 Å². The van der Waals surface area contributed by atoms with Gasteiger partial charge in [-0.3, -0.25) is 9.13 Å². The number of nitriles is 1. The highest BCUT2D eigenvalue weighted by Crippen LogP contribution is 2.73. The Morgan fingerprint density at radius 2 is 0.722 bits per heavy atom. The summed E-state index contributed by atoms with van der Waals surface area (Å²) < 4.78 is 6.62. The van der Waals surface area contributed by atoms with Gasteiger partial charge < -0.3 is 4.57 Å². The second-order valence-corrected chi connectivity index (χ2v) is 21.1. The maximum absolute atomic E-state index is 10.2. The Morgan fingerprint density at radius 1 is 0.319 bits per heavy atom. The van der Waals surface area contributed by atoms with Crippen molar-refractivity contribution in [3.8, 4) is 35.0 Å². The number of aromatic nitrogens is 6. The van der Waals surface area contributed by atoms with Crippen molar-refractivity contribution >= 4 is 75.4 Å². The summed E-state index contributed by atoms with van der Waals surface area (Å²) in [6, 6.07) is 90.4. The van der Waals surface area contributed by atoms with Crippen molar-refractivity contribution in [3.05, 3.63) is 254 Å². The van der Waals surface area contributed by atoms with E-state index in [1.54, 1.807) is 0 Å². The molecule has 0 unspecified atom stereocenters. The quantitative estimate of drug-likeness (QED) is 0.152. The van der Waals surface area contributed by atoms with E-state index in [-0.39, 0.29) is 0 Å². The molecule has 14 rings (SSSR count). The van der Waals surface area contributed by atoms with E-state index in [0.717, 1.165) is 65.9 Å². The van der Waals surface area contributed by atoms with E-state index < -0.39 is 10.0 Å². The zero-order valence-electron chi connectivity index (χ0n) is 38.7. The Bertz CT molecular complexity index is 4300. The Balaban J connectivity index is 1.02. The van der Waals surface area contributed by atoms with Gasteiger partial charge in [-0.05, 0) is 103 Å². The van der Waals surface area contributed by atoms with Crippen molar-refractivity contribution in [2.45, 2.75) is 19.6 Å². The molecule has 14 aromatic rings. The van der Waals surface area contributed by atoms with Crippen molar-refractivity contribution in [1.82, 2.24) is 28.7 Å². The van der Waals surface area contributed by atoms with Crippen LogP contribution in [-0.4, -0.2) is 28.7 Å². The first-order chi connectivity index (χ1) is 35.7. The summed E-state index contributed by atoms with van der Waals surface area (Å²) >= 11 is 0. The Labute approximate surface area is 416 Å². The number of hydrogen-bond donors (Lipinski definition) is 0. The second kappa shape index (κ2) is 16.6. The Morgan fingerprint density at radius 3 is 1.22 bits per heavy atom. The highest BCUT2D eigenvalue weighted by atomic mass is 32.3. The zero-order chi connectivity index (χ0) is 47.8. The van der Waals surface area contributed by atoms with Crippen LogP contribution in [0.4, 0.5) is 0 Å². The van der Waals surface area contributed by atoms with Crippen molar-refractivity contribution < 1.29 is 0 Å². The lowest BCUT2D eigenvalue weighted by Gasteiger charge is -2.42. The molecule has 7 nitrogen and oxygen atoms in total. The second-order valence-electron chi connectivity index (χ2n) is 18.0. The molecular weight excluding hydrogens is 899 g/mol. The van der Waals surface area contributed by atoms with Gasteiger partial charge in [0.2, 0.25) is 11.9 Å². The number of nitrogens with zero attached hydrogens (tertiary/aromatic N) is 7. The van der Waals surface area contributed by atoms with E-state index in [2.05, 4.69) is 238 Å². The minimum absolute atomic E-state index is 0.450. The molecule has 8 heteroatoms. The molecule has 0 aliphatic heterocycles. The van der Waals surface area contributed by atoms with E-state index in [1.807, 2.05) is 30.3 Å². The summed E-state index contributed by atoms with van der Waals surface area (Å²) in [7, 11) is -1.94. The molecule has 72 heavy (non-hydrogen) atoms. The number of benzene rings is 10. The van der Waals surface area contributed by atoms with E-state index in [4.69, 9.17) is 15.0 Å². The molecule has 4 aromatic heterocycles. The third-order valence-corrected chi connectivity index (χ3v) is 18.0. The first-order valence-corrected chi connectivity index (χ1v) is 25.6. The fourth-order valence-corrected chi connectivity index (χ4v) is 14.8. The third kappa shape index (κ3) is 6.28. The summed E-state index contributed by atoms with van der Waals surface area (Å²) in [5, 5.41) is 16.8. The minimum Gasteiger partial charge on any atom is -0.309 e. The van der Waals surface area contributed by atoms with Crippen molar-refractivity contribution in [2.24, 2.45) is 0 Å². The molecule has 0 N–H and O–H groups in total. The Hall–Kier alpha value is -9.55. The van der Waals surface area contributed by atoms with Crippen LogP contribution in [0.25, 0.3) is 94.4 Å². The summed E-state index contributed by atoms with van der Waals surface area (Å²) in [5.74, 6) is 1.46. The lowest BCUT2D eigenvalue weighted by Crippen LogP contribution is -2.10. The van der Waals surface area contributed by atoms with Crippen molar-refractivity contribution in [2.75, 3.05) is 0 Å². The van der Waals surface area contributed by atoms with Crippen LogP contribution in [0.5, 0.6) is 0 Å². The van der Waals surface area contributed by atoms with Gasteiger partial charge in [0.05, 0.1) is 44.7 Å². The maximum atomic E-state index is 10.2. The van der Waals surface area contributed by atoms with Gasteiger partial charge in [0.25, 0.3) is 0 Å². The summed E-state index contributed by atoms with van der Waals surface area (Å²) in [5.41, 5.74) is 8.49. The molecular formula is C64H41N7S. The number of fused-ring (bicyclic) bond motifs is 9. The van der Waals surface area contributed by atoms with Crippen LogP contribution in [0.1, 0.15) is 5.56 Å². The van der Waals surface area contributed by atoms with Crippen LogP contribution in [0.2, 0.25) is 0 Å². The normalized spacial score (nSPS) is 12.1. The molecule has 0 saturated heterocycles. The molecule has 0 amide bonds. The zero-order valence-corrected chi connectivity index (χ0v) is 39.5. The molecule has 0 atom stereocenters. The van der Waals surface area contributed by atoms with Crippen molar-refractivity contribution in [1.29, 1.82) is 5.26 Å². The number of hydrogen-bond acceptors (Lipinski definition) is 4. The fourth-order valence-electron chi connectivity index (χ4n) is 11.0. The van der Waals surface area contributed by atoms with Gasteiger partial charge in [-0.25, -0.2) is 0 Å². The van der Waals surface area contributed by atoms with Crippen molar-refractivity contribution in [3.63, 3.8) is 0 Å². The largest absolute Gasteiger partial charge is 0.309 e. The lowest BCUT2D eigenvalue weighted by molar-refractivity contribution is 0.892. The molecule has 0 aliphatic rings. The topological polar surface area (TPSA) is 77.2 Å². The van der Waals surface area contributed by atoms with Crippen LogP contribution in [-0.2, 0) is 0 Å². The molecule has 0 spiro atoms. The summed E-state index contributed by atoms with van der Waals surface area (Å²) in [4.78, 5) is 21.2. The number of para-hydroxylation sites is 4. The maximum Gasteiger partial charge on any atom is 0.240 e. The van der Waals surface area contributed by atoms with Gasteiger partial charge in [-0.1, -0.05) is 146 Å². The first kappa shape index (κ1) is 41.4. The van der Waals surface area contributed by atoms with Crippen LogP contribution in [0.15, 0.2) is 268 Å². The lowest BCUT2D eigenvalue weighted by atomic mass is 10.1. The molecule has 0 fully saturated rings. The fraction of sp³-hybridized carbons (Fsp3) is 0. The van der Waals surface area contributed by atoms with Gasteiger partial charge in [0.1, 0.15) is 0 Å². The highest BCUT2D eigenvalue weighted by Gasteiger charge is 2.33. The van der Waals surface area contributed by atoms with E-state index in [1.165, 1.54) is 30.4 Å². The third-order valence-electron chi connectivity index (χ3n) is 14.1. The van der Waals surface area contributed by atoms with Crippen LogP contribution >= 0.6 is 10.0 Å². The Kier molecular flexibility index (Phi) is 9.53.